The number of rotatable bonds is 10. The van der Waals surface area contributed by atoms with Gasteiger partial charge in [-0.3, -0.25) is 14.2 Å². The number of aryl methyl sites for hydroxylation is 1. The molecular formula is C19H23O6P. The minimum absolute atomic E-state index is 0.0476. The van der Waals surface area contributed by atoms with E-state index in [4.69, 9.17) is 10.2 Å². The van der Waals surface area contributed by atoms with Crippen molar-refractivity contribution >= 4 is 30.1 Å². The molecule has 6 nitrogen and oxygen atoms in total. The van der Waals surface area contributed by atoms with Gasteiger partial charge in [0.25, 0.3) is 0 Å². The van der Waals surface area contributed by atoms with Crippen molar-refractivity contribution in [1.29, 1.82) is 0 Å². The molecule has 26 heavy (non-hydrogen) atoms. The Morgan fingerprint density at radius 2 is 1.58 bits per heavy atom. The molecule has 0 aromatic heterocycles. The van der Waals surface area contributed by atoms with Crippen LogP contribution in [0.1, 0.15) is 24.8 Å². The Morgan fingerprint density at radius 1 is 0.962 bits per heavy atom. The van der Waals surface area contributed by atoms with Gasteiger partial charge in [-0.1, -0.05) is 42.5 Å². The van der Waals surface area contributed by atoms with Gasteiger partial charge in [0.15, 0.2) is 0 Å². The van der Waals surface area contributed by atoms with Gasteiger partial charge in [-0.2, -0.15) is 0 Å². The van der Waals surface area contributed by atoms with E-state index in [2.05, 4.69) is 0 Å². The molecule has 1 unspecified atom stereocenters. The van der Waals surface area contributed by atoms with Gasteiger partial charge in [-0.15, -0.1) is 0 Å². The molecule has 2 aromatic rings. The molecule has 140 valence electrons. The Kier molecular flexibility index (Phi) is 6.95. The maximum Gasteiger partial charge on any atom is 0.303 e. The zero-order chi connectivity index (χ0) is 19.2. The Morgan fingerprint density at radius 3 is 2.23 bits per heavy atom. The predicted molar refractivity (Wildman–Crippen MR) is 99.8 cm³/mol. The molecule has 0 amide bonds. The van der Waals surface area contributed by atoms with Crippen LogP contribution in [0.3, 0.4) is 0 Å². The highest BCUT2D eigenvalue weighted by molar-refractivity contribution is 7.58. The van der Waals surface area contributed by atoms with Crippen molar-refractivity contribution in [3.63, 3.8) is 0 Å². The van der Waals surface area contributed by atoms with Gasteiger partial charge in [0.1, 0.15) is 0 Å². The Hall–Kier alpha value is -2.17. The van der Waals surface area contributed by atoms with Crippen molar-refractivity contribution in [1.82, 2.24) is 0 Å². The van der Waals surface area contributed by atoms with Crippen LogP contribution in [0.4, 0.5) is 0 Å². The van der Waals surface area contributed by atoms with Crippen LogP contribution in [-0.4, -0.2) is 39.4 Å². The summed E-state index contributed by atoms with van der Waals surface area (Å²) in [5.74, 6) is -3.16. The maximum atomic E-state index is 12.4. The molecule has 0 aliphatic rings. The second kappa shape index (κ2) is 8.97. The highest BCUT2D eigenvalue weighted by Gasteiger charge is 2.27. The van der Waals surface area contributed by atoms with Crippen molar-refractivity contribution in [2.75, 3.05) is 12.3 Å². The Labute approximate surface area is 151 Å². The second-order valence-electron chi connectivity index (χ2n) is 6.56. The van der Waals surface area contributed by atoms with Gasteiger partial charge in [-0.05, 0) is 35.1 Å². The Balaban J connectivity index is 1.97. The number of hydrogen-bond donors (Lipinski definition) is 3. The van der Waals surface area contributed by atoms with Gasteiger partial charge in [0, 0.05) is 25.2 Å². The van der Waals surface area contributed by atoms with Crippen LogP contribution in [0.2, 0.25) is 0 Å². The summed E-state index contributed by atoms with van der Waals surface area (Å²) in [5.41, 5.74) is 1.09. The normalized spacial score (nSPS) is 13.6. The minimum atomic E-state index is -3.59. The first-order chi connectivity index (χ1) is 12.3. The number of fused-ring (bicyclic) bond motifs is 1. The third kappa shape index (κ3) is 6.28. The number of hydrogen-bond acceptors (Lipinski definition) is 3. The summed E-state index contributed by atoms with van der Waals surface area (Å²) in [4.78, 5) is 31.8. The van der Waals surface area contributed by atoms with Gasteiger partial charge < -0.3 is 15.1 Å². The first kappa shape index (κ1) is 20.1. The number of aliphatic carboxylic acids is 2. The number of benzene rings is 2. The van der Waals surface area contributed by atoms with E-state index < -0.39 is 38.1 Å². The summed E-state index contributed by atoms with van der Waals surface area (Å²) in [6, 6.07) is 13.9. The highest BCUT2D eigenvalue weighted by Crippen LogP contribution is 2.44. The molecule has 0 radical (unpaired) electrons. The van der Waals surface area contributed by atoms with E-state index in [1.165, 1.54) is 0 Å². The number of carboxylic acid groups (broad SMARTS) is 2. The van der Waals surface area contributed by atoms with Gasteiger partial charge in [-0.25, -0.2) is 0 Å². The van der Waals surface area contributed by atoms with E-state index >= 15 is 0 Å². The molecule has 0 fully saturated rings. The van der Waals surface area contributed by atoms with Crippen LogP contribution >= 0.6 is 7.37 Å². The van der Waals surface area contributed by atoms with Crippen LogP contribution in [0.25, 0.3) is 10.8 Å². The zero-order valence-corrected chi connectivity index (χ0v) is 15.3. The lowest BCUT2D eigenvalue weighted by Crippen LogP contribution is -2.17. The molecule has 7 heteroatoms. The summed E-state index contributed by atoms with van der Waals surface area (Å²) in [5, 5.41) is 19.9. The largest absolute Gasteiger partial charge is 0.481 e. The van der Waals surface area contributed by atoms with Crippen molar-refractivity contribution in [3.8, 4) is 0 Å². The lowest BCUT2D eigenvalue weighted by molar-refractivity contribution is -0.140. The van der Waals surface area contributed by atoms with Crippen LogP contribution in [0.5, 0.6) is 0 Å². The van der Waals surface area contributed by atoms with Crippen molar-refractivity contribution < 1.29 is 29.3 Å². The summed E-state index contributed by atoms with van der Waals surface area (Å²) >= 11 is 0. The highest BCUT2D eigenvalue weighted by atomic mass is 31.2. The number of carboxylic acids is 2. The van der Waals surface area contributed by atoms with Gasteiger partial charge in [0.05, 0.1) is 0 Å². The molecule has 0 aliphatic heterocycles. The maximum absolute atomic E-state index is 12.4. The summed E-state index contributed by atoms with van der Waals surface area (Å²) in [6.45, 7) is 0. The molecule has 0 spiro atoms. The monoisotopic (exact) mass is 378 g/mol. The summed E-state index contributed by atoms with van der Waals surface area (Å²) in [7, 11) is -3.59. The Bertz CT molecular complexity index is 810. The molecule has 1 atom stereocenters. The molecule has 3 N–H and O–H groups in total. The van der Waals surface area contributed by atoms with Crippen LogP contribution in [0, 0.1) is 5.92 Å². The second-order valence-corrected chi connectivity index (χ2v) is 9.06. The quantitative estimate of drug-likeness (QED) is 0.545. The van der Waals surface area contributed by atoms with Crippen LogP contribution < -0.4 is 0 Å². The van der Waals surface area contributed by atoms with Crippen molar-refractivity contribution in [2.45, 2.75) is 25.7 Å². The molecule has 2 rings (SSSR count). The van der Waals surface area contributed by atoms with Crippen molar-refractivity contribution in [2.24, 2.45) is 5.92 Å². The van der Waals surface area contributed by atoms with E-state index in [1.807, 2.05) is 42.5 Å². The molecule has 0 saturated carbocycles. The van der Waals surface area contributed by atoms with E-state index in [9.17, 15) is 19.0 Å². The average Bonchev–Trinajstić information content (AvgIpc) is 2.53. The molecule has 0 aliphatic carbocycles. The molecule has 2 aromatic carbocycles. The predicted octanol–water partition coefficient (Wildman–Crippen LogP) is 3.61. The fourth-order valence-electron chi connectivity index (χ4n) is 3.22. The minimum Gasteiger partial charge on any atom is -0.481 e. The fraction of sp³-hybridized carbons (Fsp3) is 0.368. The van der Waals surface area contributed by atoms with Gasteiger partial charge >= 0.3 is 11.9 Å². The third-order valence-corrected chi connectivity index (χ3v) is 6.41. The molecule has 0 heterocycles. The lowest BCUT2D eigenvalue weighted by Gasteiger charge is -2.18. The number of carbonyl (C=O) groups is 2. The smallest absolute Gasteiger partial charge is 0.303 e. The summed E-state index contributed by atoms with van der Waals surface area (Å²) in [6.07, 6.45) is 0.0521. The van der Waals surface area contributed by atoms with E-state index in [-0.39, 0.29) is 12.3 Å². The lowest BCUT2D eigenvalue weighted by atomic mass is 10.0. The average molecular weight is 378 g/mol. The van der Waals surface area contributed by atoms with Crippen LogP contribution in [-0.2, 0) is 20.6 Å². The molecule has 0 bridgehead atoms. The molecule has 0 saturated heterocycles. The van der Waals surface area contributed by atoms with Gasteiger partial charge in [0.2, 0.25) is 7.37 Å². The third-order valence-electron chi connectivity index (χ3n) is 4.30. The first-order valence-electron chi connectivity index (χ1n) is 8.48. The SMILES string of the molecule is O=C(O)CC(CC(=O)O)CP(=O)(O)CCCc1cccc2ccccc12. The van der Waals surface area contributed by atoms with E-state index in [1.54, 1.807) is 0 Å². The topological polar surface area (TPSA) is 112 Å². The van der Waals surface area contributed by atoms with Crippen molar-refractivity contribution in [3.05, 3.63) is 48.0 Å². The van der Waals surface area contributed by atoms with Crippen LogP contribution in [0.15, 0.2) is 42.5 Å². The standard InChI is InChI=1S/C19H23O6P/c20-18(21)11-14(12-19(22)23)13-26(24,25)10-4-8-16-7-3-6-15-5-1-2-9-17(15)16/h1-3,5-7,9,14H,4,8,10-13H2,(H,20,21)(H,22,23)(H,24,25). The zero-order valence-electron chi connectivity index (χ0n) is 14.4. The van der Waals surface area contributed by atoms with E-state index in [0.29, 0.717) is 12.8 Å². The molecular weight excluding hydrogens is 355 g/mol. The summed E-state index contributed by atoms with van der Waals surface area (Å²) < 4.78 is 12.4. The first-order valence-corrected chi connectivity index (χ1v) is 10.5. The fourth-order valence-corrected chi connectivity index (χ4v) is 5.12. The van der Waals surface area contributed by atoms with E-state index in [0.717, 1.165) is 16.3 Å².